The number of nitrogens with zero attached hydrogens (tertiary/aromatic N) is 1. The van der Waals surface area contributed by atoms with Crippen molar-refractivity contribution in [3.63, 3.8) is 0 Å². The predicted molar refractivity (Wildman–Crippen MR) is 69.8 cm³/mol. The lowest BCUT2D eigenvalue weighted by atomic mass is 10.1. The average Bonchev–Trinajstić information content (AvgIpc) is 2.30. The third kappa shape index (κ3) is 3.74. The zero-order valence-electron chi connectivity index (χ0n) is 8.73. The zero-order valence-corrected chi connectivity index (χ0v) is 10.9. The number of halogens is 1. The van der Waals surface area contributed by atoms with Crippen molar-refractivity contribution in [1.82, 2.24) is 3.11 Å². The Labute approximate surface area is 105 Å². The quantitative estimate of drug-likeness (QED) is 0.628. The van der Waals surface area contributed by atoms with Crippen LogP contribution in [0.3, 0.4) is 0 Å². The number of ether oxygens (including phenoxy) is 1. The Balaban J connectivity index is 1.74. The van der Waals surface area contributed by atoms with Crippen molar-refractivity contribution in [3.05, 3.63) is 35.9 Å². The molecule has 15 heavy (non-hydrogen) atoms. The maximum Gasteiger partial charge on any atom is 0.0720 e. The Kier molecular flexibility index (Phi) is 4.41. The molecular formula is C12H16INO. The highest BCUT2D eigenvalue weighted by molar-refractivity contribution is 14.1. The predicted octanol–water partition coefficient (Wildman–Crippen LogP) is 3.02. The molecule has 0 radical (unpaired) electrons. The Morgan fingerprint density at radius 3 is 2.53 bits per heavy atom. The summed E-state index contributed by atoms with van der Waals surface area (Å²) < 4.78 is 8.22. The van der Waals surface area contributed by atoms with Gasteiger partial charge in [0.25, 0.3) is 0 Å². The van der Waals surface area contributed by atoms with E-state index in [2.05, 4.69) is 50.2 Å². The first-order chi connectivity index (χ1) is 7.34. The number of hydrogen-bond donors (Lipinski definition) is 0. The van der Waals surface area contributed by atoms with Crippen LogP contribution >= 0.6 is 22.9 Å². The summed E-state index contributed by atoms with van der Waals surface area (Å²) in [6, 6.07) is 10.4. The average molecular weight is 317 g/mol. The van der Waals surface area contributed by atoms with E-state index in [0.717, 1.165) is 32.5 Å². The highest BCUT2D eigenvalue weighted by Crippen LogP contribution is 2.17. The molecule has 1 aliphatic rings. The van der Waals surface area contributed by atoms with Crippen molar-refractivity contribution >= 4 is 22.9 Å². The van der Waals surface area contributed by atoms with Crippen molar-refractivity contribution in [1.29, 1.82) is 0 Å². The molecule has 1 aromatic carbocycles. The molecule has 82 valence electrons. The number of hydrogen-bond acceptors (Lipinski definition) is 2. The van der Waals surface area contributed by atoms with E-state index in [4.69, 9.17) is 4.74 Å². The molecule has 1 aromatic rings. The summed E-state index contributed by atoms with van der Waals surface area (Å²) in [4.78, 5) is 0. The minimum absolute atomic E-state index is 0.455. The molecule has 0 N–H and O–H groups in total. The van der Waals surface area contributed by atoms with Crippen LogP contribution in [0.5, 0.6) is 0 Å². The molecule has 2 rings (SSSR count). The molecule has 0 atom stereocenters. The summed E-state index contributed by atoms with van der Waals surface area (Å²) in [6.45, 7) is 3.06. The molecule has 0 aliphatic carbocycles. The largest absolute Gasteiger partial charge is 0.373 e. The fourth-order valence-electron chi connectivity index (χ4n) is 1.78. The molecule has 3 heteroatoms. The van der Waals surface area contributed by atoms with Gasteiger partial charge in [-0.05, 0) is 18.4 Å². The van der Waals surface area contributed by atoms with E-state index in [1.54, 1.807) is 0 Å². The summed E-state index contributed by atoms with van der Waals surface area (Å²) in [5.74, 6) is 0. The molecule has 0 aromatic heterocycles. The van der Waals surface area contributed by atoms with Gasteiger partial charge in [-0.3, -0.25) is 0 Å². The van der Waals surface area contributed by atoms with Gasteiger partial charge in [-0.15, -0.1) is 0 Å². The van der Waals surface area contributed by atoms with Crippen molar-refractivity contribution in [2.75, 3.05) is 13.1 Å². The molecular weight excluding hydrogens is 301 g/mol. The van der Waals surface area contributed by atoms with Gasteiger partial charge < -0.3 is 4.74 Å². The summed E-state index contributed by atoms with van der Waals surface area (Å²) >= 11 is 2.38. The van der Waals surface area contributed by atoms with Crippen LogP contribution in [0.2, 0.25) is 0 Å². The van der Waals surface area contributed by atoms with Crippen LogP contribution in [-0.2, 0) is 11.3 Å². The second kappa shape index (κ2) is 5.82. The summed E-state index contributed by atoms with van der Waals surface area (Å²) in [5.41, 5.74) is 1.27. The maximum atomic E-state index is 5.89. The fraction of sp³-hybridized carbons (Fsp3) is 0.500. The van der Waals surface area contributed by atoms with Crippen molar-refractivity contribution < 1.29 is 4.74 Å². The SMILES string of the molecule is IN1CCC(OCc2ccccc2)CC1. The third-order valence-corrected chi connectivity index (χ3v) is 3.68. The van der Waals surface area contributed by atoms with E-state index < -0.39 is 0 Å². The zero-order chi connectivity index (χ0) is 10.5. The Bertz CT molecular complexity index is 283. The van der Waals surface area contributed by atoms with Gasteiger partial charge in [-0.2, -0.15) is 0 Å². The molecule has 1 aliphatic heterocycles. The lowest BCUT2D eigenvalue weighted by molar-refractivity contribution is 0.0134. The van der Waals surface area contributed by atoms with E-state index in [1.807, 2.05) is 6.07 Å². The van der Waals surface area contributed by atoms with E-state index in [9.17, 15) is 0 Å². The van der Waals surface area contributed by atoms with Gasteiger partial charge in [-0.1, -0.05) is 30.3 Å². The van der Waals surface area contributed by atoms with Gasteiger partial charge >= 0.3 is 0 Å². The second-order valence-corrected chi connectivity index (χ2v) is 5.27. The van der Waals surface area contributed by atoms with E-state index in [1.165, 1.54) is 5.56 Å². The molecule has 2 nitrogen and oxygen atoms in total. The first-order valence-electron chi connectivity index (χ1n) is 5.41. The lowest BCUT2D eigenvalue weighted by Crippen LogP contribution is -2.30. The van der Waals surface area contributed by atoms with Crippen LogP contribution in [0.4, 0.5) is 0 Å². The third-order valence-electron chi connectivity index (χ3n) is 2.72. The number of piperidine rings is 1. The smallest absolute Gasteiger partial charge is 0.0720 e. The molecule has 0 bridgehead atoms. The molecule has 0 spiro atoms. The summed E-state index contributed by atoms with van der Waals surface area (Å²) in [5, 5.41) is 0. The van der Waals surface area contributed by atoms with Gasteiger partial charge in [0.1, 0.15) is 0 Å². The topological polar surface area (TPSA) is 12.5 Å². The highest BCUT2D eigenvalue weighted by atomic mass is 127. The van der Waals surface area contributed by atoms with E-state index in [0.29, 0.717) is 6.10 Å². The van der Waals surface area contributed by atoms with Crippen LogP contribution in [0.15, 0.2) is 30.3 Å². The van der Waals surface area contributed by atoms with Gasteiger partial charge in [-0.25, -0.2) is 3.11 Å². The Hall–Kier alpha value is -0.130. The van der Waals surface area contributed by atoms with Gasteiger partial charge in [0.05, 0.1) is 12.7 Å². The minimum Gasteiger partial charge on any atom is -0.373 e. The Morgan fingerprint density at radius 2 is 1.87 bits per heavy atom. The van der Waals surface area contributed by atoms with Crippen LogP contribution in [0.1, 0.15) is 18.4 Å². The second-order valence-electron chi connectivity index (χ2n) is 3.91. The maximum absolute atomic E-state index is 5.89. The van der Waals surface area contributed by atoms with Crippen LogP contribution < -0.4 is 0 Å². The van der Waals surface area contributed by atoms with Gasteiger partial charge in [0.2, 0.25) is 0 Å². The van der Waals surface area contributed by atoms with Crippen LogP contribution in [0, 0.1) is 0 Å². The monoisotopic (exact) mass is 317 g/mol. The van der Waals surface area contributed by atoms with Crippen LogP contribution in [0.25, 0.3) is 0 Å². The van der Waals surface area contributed by atoms with Crippen LogP contribution in [-0.4, -0.2) is 22.3 Å². The molecule has 0 saturated carbocycles. The normalized spacial score (nSPS) is 19.3. The Morgan fingerprint density at radius 1 is 1.20 bits per heavy atom. The first-order valence-corrected chi connectivity index (χ1v) is 6.37. The molecule has 0 amide bonds. The van der Waals surface area contributed by atoms with Gasteiger partial charge in [0.15, 0.2) is 0 Å². The molecule has 1 saturated heterocycles. The standard InChI is InChI=1S/C12H16INO/c13-14-8-6-12(7-9-14)15-10-11-4-2-1-3-5-11/h1-5,12H,6-10H2. The van der Waals surface area contributed by atoms with Gasteiger partial charge in [0, 0.05) is 36.0 Å². The number of benzene rings is 1. The molecule has 1 heterocycles. The molecule has 1 fully saturated rings. The van der Waals surface area contributed by atoms with Crippen molar-refractivity contribution in [2.45, 2.75) is 25.6 Å². The lowest BCUT2D eigenvalue weighted by Gasteiger charge is -2.27. The fourth-order valence-corrected chi connectivity index (χ4v) is 2.34. The van der Waals surface area contributed by atoms with Crippen molar-refractivity contribution in [2.24, 2.45) is 0 Å². The molecule has 0 unspecified atom stereocenters. The summed E-state index contributed by atoms with van der Waals surface area (Å²) in [7, 11) is 0. The van der Waals surface area contributed by atoms with E-state index >= 15 is 0 Å². The first kappa shape index (κ1) is 11.4. The van der Waals surface area contributed by atoms with Crippen molar-refractivity contribution in [3.8, 4) is 0 Å². The summed E-state index contributed by atoms with van der Waals surface area (Å²) in [6.07, 6.45) is 2.78. The minimum atomic E-state index is 0.455. The van der Waals surface area contributed by atoms with E-state index in [-0.39, 0.29) is 0 Å². The number of rotatable bonds is 3. The highest BCUT2D eigenvalue weighted by Gasteiger charge is 2.17.